The lowest BCUT2D eigenvalue weighted by atomic mass is 10.1. The van der Waals surface area contributed by atoms with E-state index in [0.29, 0.717) is 0 Å². The largest absolute Gasteiger partial charge is 0.464 e. The third-order valence-corrected chi connectivity index (χ3v) is 3.18. The molecule has 102 valence electrons. The van der Waals surface area contributed by atoms with Crippen LogP contribution in [0.4, 0.5) is 5.69 Å². The van der Waals surface area contributed by atoms with Crippen LogP contribution in [-0.2, 0) is 11.2 Å². The summed E-state index contributed by atoms with van der Waals surface area (Å²) in [5, 5.41) is 9.09. The molecule has 2 N–H and O–H groups in total. The van der Waals surface area contributed by atoms with Crippen LogP contribution in [0.25, 0.3) is 5.69 Å². The molecule has 5 nitrogen and oxygen atoms in total. The second-order valence-electron chi connectivity index (χ2n) is 4.26. The zero-order valence-electron chi connectivity index (χ0n) is 11.4. The first-order valence-corrected chi connectivity index (χ1v) is 6.21. The van der Waals surface area contributed by atoms with Gasteiger partial charge in [0.2, 0.25) is 0 Å². The van der Waals surface area contributed by atoms with Crippen LogP contribution in [0.5, 0.6) is 0 Å². The Balaban J connectivity index is 2.74. The van der Waals surface area contributed by atoms with Crippen molar-refractivity contribution in [3.8, 4) is 11.8 Å². The number of aromatic nitrogens is 1. The van der Waals surface area contributed by atoms with Gasteiger partial charge in [0.1, 0.15) is 6.07 Å². The average molecular weight is 269 g/mol. The zero-order valence-corrected chi connectivity index (χ0v) is 11.4. The highest BCUT2D eigenvalue weighted by Crippen LogP contribution is 2.26. The lowest BCUT2D eigenvalue weighted by Gasteiger charge is -2.12. The van der Waals surface area contributed by atoms with Crippen molar-refractivity contribution in [1.29, 1.82) is 5.26 Å². The number of ether oxygens (including phenoxy) is 1. The topological polar surface area (TPSA) is 81.0 Å². The Kier molecular flexibility index (Phi) is 3.76. The first-order valence-electron chi connectivity index (χ1n) is 6.21. The molecule has 20 heavy (non-hydrogen) atoms. The summed E-state index contributed by atoms with van der Waals surface area (Å²) in [5.74, 6) is -0.560. The number of hydrogen-bond acceptors (Lipinski definition) is 4. The Labute approximate surface area is 117 Å². The zero-order chi connectivity index (χ0) is 14.7. The van der Waals surface area contributed by atoms with Gasteiger partial charge in [0.25, 0.3) is 0 Å². The maximum absolute atomic E-state index is 11.9. The van der Waals surface area contributed by atoms with E-state index in [4.69, 9.17) is 15.7 Å². The van der Waals surface area contributed by atoms with Gasteiger partial charge in [-0.2, -0.15) is 5.26 Å². The highest BCUT2D eigenvalue weighted by molar-refractivity contribution is 5.96. The first-order chi connectivity index (χ1) is 9.63. The van der Waals surface area contributed by atoms with Crippen molar-refractivity contribution in [2.24, 2.45) is 0 Å². The van der Waals surface area contributed by atoms with E-state index in [9.17, 15) is 4.79 Å². The van der Waals surface area contributed by atoms with Crippen molar-refractivity contribution in [1.82, 2.24) is 4.57 Å². The van der Waals surface area contributed by atoms with E-state index in [1.165, 1.54) is 7.11 Å². The summed E-state index contributed by atoms with van der Waals surface area (Å²) in [4.78, 5) is 11.9. The molecular weight excluding hydrogens is 254 g/mol. The third kappa shape index (κ3) is 2.12. The summed E-state index contributed by atoms with van der Waals surface area (Å²) in [6.45, 7) is 2.02. The monoisotopic (exact) mass is 269 g/mol. The molecule has 1 aromatic heterocycles. The lowest BCUT2D eigenvalue weighted by molar-refractivity contribution is 0.0593. The predicted octanol–water partition coefficient (Wildman–Crippen LogP) is 2.28. The molecule has 1 aromatic carbocycles. The number of benzene rings is 1. The number of nitrogens with zero attached hydrogens (tertiary/aromatic N) is 2. The Morgan fingerprint density at radius 3 is 2.75 bits per heavy atom. The second kappa shape index (κ2) is 5.49. The van der Waals surface area contributed by atoms with E-state index in [0.717, 1.165) is 17.7 Å². The number of carbonyl (C=O) groups excluding carboxylic acids is 1. The fraction of sp³-hybridized carbons (Fsp3) is 0.200. The smallest absolute Gasteiger partial charge is 0.357 e. The minimum atomic E-state index is -0.560. The van der Waals surface area contributed by atoms with Crippen LogP contribution in [-0.4, -0.2) is 17.6 Å². The summed E-state index contributed by atoms with van der Waals surface area (Å²) in [5.41, 5.74) is 8.34. The summed E-state index contributed by atoms with van der Waals surface area (Å²) in [6.07, 6.45) is 2.37. The fourth-order valence-corrected chi connectivity index (χ4v) is 2.15. The molecule has 0 spiro atoms. The Hall–Kier alpha value is -2.74. The van der Waals surface area contributed by atoms with Crippen molar-refractivity contribution in [3.63, 3.8) is 0 Å². The Bertz CT molecular complexity index is 696. The predicted molar refractivity (Wildman–Crippen MR) is 75.6 cm³/mol. The molecule has 0 amide bonds. The van der Waals surface area contributed by atoms with Crippen LogP contribution in [0.2, 0.25) is 0 Å². The van der Waals surface area contributed by atoms with E-state index in [1.807, 2.05) is 37.3 Å². The van der Waals surface area contributed by atoms with E-state index in [-0.39, 0.29) is 16.9 Å². The van der Waals surface area contributed by atoms with E-state index in [1.54, 1.807) is 10.8 Å². The number of rotatable bonds is 3. The van der Waals surface area contributed by atoms with Gasteiger partial charge in [-0.15, -0.1) is 0 Å². The molecular formula is C15H15N3O2. The number of methoxy groups -OCH3 is 1. The molecule has 0 aliphatic carbocycles. The van der Waals surface area contributed by atoms with Gasteiger partial charge in [-0.3, -0.25) is 0 Å². The van der Waals surface area contributed by atoms with E-state index in [2.05, 4.69) is 0 Å². The number of para-hydroxylation sites is 1. The first kappa shape index (κ1) is 13.7. The fourth-order valence-electron chi connectivity index (χ4n) is 2.15. The minimum Gasteiger partial charge on any atom is -0.464 e. The van der Waals surface area contributed by atoms with Crippen molar-refractivity contribution >= 4 is 11.7 Å². The second-order valence-corrected chi connectivity index (χ2v) is 4.26. The standard InChI is InChI=1S/C15H15N3O2/c1-3-10-6-4-5-7-12(10)18-9-11(8-16)13(17)14(18)15(19)20-2/h4-7,9H,3,17H2,1-2H3. The molecule has 0 saturated heterocycles. The van der Waals surface area contributed by atoms with Crippen LogP contribution >= 0.6 is 0 Å². The van der Waals surface area contributed by atoms with Crippen LogP contribution in [0, 0.1) is 11.3 Å². The van der Waals surface area contributed by atoms with Gasteiger partial charge in [0.15, 0.2) is 5.69 Å². The normalized spacial score (nSPS) is 10.1. The molecule has 0 fully saturated rings. The van der Waals surface area contributed by atoms with Gasteiger partial charge in [-0.1, -0.05) is 25.1 Å². The number of carbonyl (C=O) groups is 1. The van der Waals surface area contributed by atoms with E-state index < -0.39 is 5.97 Å². The Morgan fingerprint density at radius 1 is 1.45 bits per heavy atom. The number of nitrogens with two attached hydrogens (primary N) is 1. The van der Waals surface area contributed by atoms with Gasteiger partial charge in [-0.25, -0.2) is 4.79 Å². The molecule has 0 radical (unpaired) electrons. The number of aryl methyl sites for hydroxylation is 1. The van der Waals surface area contributed by atoms with Crippen LogP contribution < -0.4 is 5.73 Å². The van der Waals surface area contributed by atoms with Crippen LogP contribution in [0.3, 0.4) is 0 Å². The Morgan fingerprint density at radius 2 is 2.15 bits per heavy atom. The average Bonchev–Trinajstić information content (AvgIpc) is 2.83. The maximum Gasteiger partial charge on any atom is 0.357 e. The molecule has 2 rings (SSSR count). The molecule has 0 bridgehead atoms. The molecule has 1 heterocycles. The minimum absolute atomic E-state index is 0.144. The lowest BCUT2D eigenvalue weighted by Crippen LogP contribution is -2.12. The molecule has 0 aliphatic rings. The number of nitriles is 1. The highest BCUT2D eigenvalue weighted by Gasteiger charge is 2.22. The molecule has 0 atom stereocenters. The quantitative estimate of drug-likeness (QED) is 0.867. The summed E-state index contributed by atoms with van der Waals surface area (Å²) in [6, 6.07) is 9.64. The van der Waals surface area contributed by atoms with Crippen molar-refractivity contribution in [3.05, 3.63) is 47.3 Å². The summed E-state index contributed by atoms with van der Waals surface area (Å²) < 4.78 is 6.38. The molecule has 5 heteroatoms. The third-order valence-electron chi connectivity index (χ3n) is 3.18. The summed E-state index contributed by atoms with van der Waals surface area (Å²) >= 11 is 0. The number of esters is 1. The number of hydrogen-bond donors (Lipinski definition) is 1. The van der Waals surface area contributed by atoms with Gasteiger partial charge >= 0.3 is 5.97 Å². The van der Waals surface area contributed by atoms with Crippen molar-refractivity contribution in [2.45, 2.75) is 13.3 Å². The highest BCUT2D eigenvalue weighted by atomic mass is 16.5. The molecule has 0 saturated carbocycles. The van der Waals surface area contributed by atoms with E-state index >= 15 is 0 Å². The summed E-state index contributed by atoms with van der Waals surface area (Å²) in [7, 11) is 1.29. The van der Waals surface area contributed by atoms with Gasteiger partial charge < -0.3 is 15.0 Å². The van der Waals surface area contributed by atoms with Gasteiger partial charge in [-0.05, 0) is 18.1 Å². The van der Waals surface area contributed by atoms with Gasteiger partial charge in [0.05, 0.1) is 18.4 Å². The maximum atomic E-state index is 11.9. The van der Waals surface area contributed by atoms with Crippen LogP contribution in [0.1, 0.15) is 28.5 Å². The van der Waals surface area contributed by atoms with Gasteiger partial charge in [0, 0.05) is 11.9 Å². The molecule has 0 unspecified atom stereocenters. The van der Waals surface area contributed by atoms with Crippen molar-refractivity contribution in [2.75, 3.05) is 12.8 Å². The van der Waals surface area contributed by atoms with Crippen molar-refractivity contribution < 1.29 is 9.53 Å². The molecule has 2 aromatic rings. The number of anilines is 1. The van der Waals surface area contributed by atoms with Crippen LogP contribution in [0.15, 0.2) is 30.5 Å². The SMILES string of the molecule is CCc1ccccc1-n1cc(C#N)c(N)c1C(=O)OC. The number of nitrogen functional groups attached to an aromatic ring is 1. The molecule has 0 aliphatic heterocycles.